The number of fused-ring (bicyclic) bond motifs is 2. The van der Waals surface area contributed by atoms with Gasteiger partial charge in [-0.25, -0.2) is 4.39 Å². The highest BCUT2D eigenvalue weighted by Gasteiger charge is 2.29. The average Bonchev–Trinajstić information content (AvgIpc) is 3.00. The maximum Gasteiger partial charge on any atom is 0.259 e. The molecule has 2 amide bonds. The third-order valence-electron chi connectivity index (χ3n) is 6.01. The van der Waals surface area contributed by atoms with Crippen LogP contribution < -0.4 is 10.2 Å². The van der Waals surface area contributed by atoms with E-state index in [9.17, 15) is 14.0 Å². The zero-order valence-electron chi connectivity index (χ0n) is 19.2. The number of nitrogens with zero attached hydrogens (tertiary/aromatic N) is 1. The Labute approximate surface area is 218 Å². The molecule has 0 bridgehead atoms. The lowest BCUT2D eigenvalue weighted by molar-refractivity contribution is 0.0950. The van der Waals surface area contributed by atoms with Crippen molar-refractivity contribution in [3.63, 3.8) is 0 Å². The van der Waals surface area contributed by atoms with E-state index in [0.717, 1.165) is 15.4 Å². The van der Waals surface area contributed by atoms with Gasteiger partial charge in [-0.1, -0.05) is 71.9 Å². The largest absolute Gasteiger partial charge is 0.352 e. The molecule has 1 aliphatic rings. The van der Waals surface area contributed by atoms with Crippen molar-refractivity contribution in [3.05, 3.63) is 124 Å². The lowest BCUT2D eigenvalue weighted by Crippen LogP contribution is -2.31. The molecule has 5 rings (SSSR count). The maximum absolute atomic E-state index is 14.7. The highest BCUT2D eigenvalue weighted by atomic mass is 35.5. The SMILES string of the molecule is O=C(NCCc1ccccc1)c1ccc2c(c1)N(Cc1c(F)cccc1Cl)C(=O)c1ccccc1S2. The Morgan fingerprint density at radius 1 is 0.917 bits per heavy atom. The number of hydrogen-bond donors (Lipinski definition) is 1. The van der Waals surface area contributed by atoms with Crippen LogP contribution in [0.5, 0.6) is 0 Å². The van der Waals surface area contributed by atoms with Gasteiger partial charge in [0, 0.05) is 32.5 Å². The second-order valence-corrected chi connectivity index (χ2v) is 9.85. The van der Waals surface area contributed by atoms with Crippen LogP contribution in [0.2, 0.25) is 5.02 Å². The van der Waals surface area contributed by atoms with Crippen molar-refractivity contribution in [2.75, 3.05) is 11.4 Å². The Kier molecular flexibility index (Phi) is 7.07. The highest BCUT2D eigenvalue weighted by Crippen LogP contribution is 2.42. The number of halogens is 2. The summed E-state index contributed by atoms with van der Waals surface area (Å²) < 4.78 is 14.7. The molecule has 0 saturated heterocycles. The van der Waals surface area contributed by atoms with Gasteiger partial charge < -0.3 is 10.2 Å². The minimum Gasteiger partial charge on any atom is -0.352 e. The van der Waals surface area contributed by atoms with Gasteiger partial charge in [0.2, 0.25) is 0 Å². The average molecular weight is 517 g/mol. The summed E-state index contributed by atoms with van der Waals surface area (Å²) in [6, 6.07) is 26.9. The van der Waals surface area contributed by atoms with Crippen LogP contribution in [0, 0.1) is 5.82 Å². The quantitative estimate of drug-likeness (QED) is 0.308. The number of rotatable bonds is 6. The van der Waals surface area contributed by atoms with Gasteiger partial charge in [0.25, 0.3) is 11.8 Å². The first-order valence-electron chi connectivity index (χ1n) is 11.5. The second-order valence-electron chi connectivity index (χ2n) is 8.36. The summed E-state index contributed by atoms with van der Waals surface area (Å²) in [7, 11) is 0. The third-order valence-corrected chi connectivity index (χ3v) is 7.51. The molecular weight excluding hydrogens is 495 g/mol. The lowest BCUT2D eigenvalue weighted by atomic mass is 10.1. The zero-order chi connectivity index (χ0) is 25.1. The predicted molar refractivity (Wildman–Crippen MR) is 141 cm³/mol. The Bertz CT molecular complexity index is 1420. The van der Waals surface area contributed by atoms with Crippen LogP contribution in [0.4, 0.5) is 10.1 Å². The van der Waals surface area contributed by atoms with Crippen LogP contribution >= 0.6 is 23.4 Å². The molecule has 1 heterocycles. The minimum atomic E-state index is -0.489. The fourth-order valence-corrected chi connectivity index (χ4v) is 5.41. The summed E-state index contributed by atoms with van der Waals surface area (Å²) >= 11 is 7.75. The van der Waals surface area contributed by atoms with Crippen LogP contribution in [0.1, 0.15) is 31.8 Å². The monoisotopic (exact) mass is 516 g/mol. The summed E-state index contributed by atoms with van der Waals surface area (Å²) in [5, 5.41) is 3.19. The molecule has 0 aliphatic carbocycles. The first-order valence-corrected chi connectivity index (χ1v) is 12.7. The highest BCUT2D eigenvalue weighted by molar-refractivity contribution is 7.99. The van der Waals surface area contributed by atoms with Crippen molar-refractivity contribution >= 4 is 40.9 Å². The zero-order valence-corrected chi connectivity index (χ0v) is 20.8. The van der Waals surface area contributed by atoms with Crippen molar-refractivity contribution in [1.82, 2.24) is 5.32 Å². The minimum absolute atomic E-state index is 0.0642. The maximum atomic E-state index is 14.7. The summed E-state index contributed by atoms with van der Waals surface area (Å²) in [4.78, 5) is 29.7. The molecule has 4 nitrogen and oxygen atoms in total. The molecule has 4 aromatic carbocycles. The molecule has 4 aromatic rings. The number of anilines is 1. The Hall–Kier alpha value is -3.61. The van der Waals surface area contributed by atoms with Crippen molar-refractivity contribution in [3.8, 4) is 0 Å². The van der Waals surface area contributed by atoms with Gasteiger partial charge >= 0.3 is 0 Å². The number of amides is 2. The molecule has 36 heavy (non-hydrogen) atoms. The molecule has 1 aliphatic heterocycles. The van der Waals surface area contributed by atoms with E-state index in [1.54, 1.807) is 30.3 Å². The molecule has 0 radical (unpaired) electrons. The lowest BCUT2D eigenvalue weighted by Gasteiger charge is -2.24. The Morgan fingerprint density at radius 3 is 2.50 bits per heavy atom. The van der Waals surface area contributed by atoms with Crippen molar-refractivity contribution < 1.29 is 14.0 Å². The first kappa shape index (κ1) is 24.1. The smallest absolute Gasteiger partial charge is 0.259 e. The van der Waals surface area contributed by atoms with Crippen LogP contribution in [-0.2, 0) is 13.0 Å². The van der Waals surface area contributed by atoms with Crippen molar-refractivity contribution in [1.29, 1.82) is 0 Å². The van der Waals surface area contributed by atoms with Crippen LogP contribution in [0.25, 0.3) is 0 Å². The molecule has 1 N–H and O–H groups in total. The molecule has 0 fully saturated rings. The molecule has 0 aromatic heterocycles. The van der Waals surface area contributed by atoms with Crippen LogP contribution in [0.3, 0.4) is 0 Å². The number of carbonyl (C=O) groups excluding carboxylic acids is 2. The molecule has 0 saturated carbocycles. The number of hydrogen-bond acceptors (Lipinski definition) is 3. The molecule has 0 atom stereocenters. The topological polar surface area (TPSA) is 49.4 Å². The van der Waals surface area contributed by atoms with E-state index in [1.165, 1.54) is 28.8 Å². The van der Waals surface area contributed by atoms with E-state index in [1.807, 2.05) is 48.5 Å². The van der Waals surface area contributed by atoms with Gasteiger partial charge in [-0.05, 0) is 54.4 Å². The number of nitrogens with one attached hydrogen (secondary N) is 1. The van der Waals surface area contributed by atoms with Crippen LogP contribution in [-0.4, -0.2) is 18.4 Å². The first-order chi connectivity index (χ1) is 17.5. The van der Waals surface area contributed by atoms with E-state index >= 15 is 0 Å². The van der Waals surface area contributed by atoms with E-state index in [0.29, 0.717) is 29.8 Å². The summed E-state index contributed by atoms with van der Waals surface area (Å²) in [5.74, 6) is -1.01. The van der Waals surface area contributed by atoms with Gasteiger partial charge in [-0.15, -0.1) is 0 Å². The van der Waals surface area contributed by atoms with Gasteiger partial charge in [0.1, 0.15) is 5.82 Å². The van der Waals surface area contributed by atoms with E-state index in [2.05, 4.69) is 5.32 Å². The van der Waals surface area contributed by atoms with Gasteiger partial charge in [-0.3, -0.25) is 9.59 Å². The molecule has 0 unspecified atom stereocenters. The Balaban J connectivity index is 1.47. The summed E-state index contributed by atoms with van der Waals surface area (Å²) in [5.41, 5.74) is 2.83. The van der Waals surface area contributed by atoms with Gasteiger partial charge in [0.05, 0.1) is 17.8 Å². The Morgan fingerprint density at radius 2 is 1.69 bits per heavy atom. The standard InChI is InChI=1S/C29H22ClFN2O2S/c30-23-10-6-11-24(31)22(23)18-33-25-17-20(28(34)32-16-15-19-7-2-1-3-8-19)13-14-27(25)36-26-12-5-4-9-21(26)29(33)35/h1-14,17H,15-16,18H2,(H,32,34). The molecule has 0 spiro atoms. The molecular formula is C29H22ClFN2O2S. The second kappa shape index (κ2) is 10.6. The van der Waals surface area contributed by atoms with Crippen molar-refractivity contribution in [2.45, 2.75) is 22.8 Å². The summed E-state index contributed by atoms with van der Waals surface area (Å²) in [6.07, 6.45) is 0.707. The number of carbonyl (C=O) groups is 2. The summed E-state index contributed by atoms with van der Waals surface area (Å²) in [6.45, 7) is 0.416. The van der Waals surface area contributed by atoms with Crippen molar-refractivity contribution in [2.24, 2.45) is 0 Å². The molecule has 180 valence electrons. The van der Waals surface area contributed by atoms with Crippen LogP contribution in [0.15, 0.2) is 101 Å². The van der Waals surface area contributed by atoms with Gasteiger partial charge in [-0.2, -0.15) is 0 Å². The molecule has 7 heteroatoms. The van der Waals surface area contributed by atoms with E-state index in [4.69, 9.17) is 11.6 Å². The predicted octanol–water partition coefficient (Wildman–Crippen LogP) is 6.76. The number of benzene rings is 4. The normalized spacial score (nSPS) is 12.5. The fraction of sp³-hybridized carbons (Fsp3) is 0.103. The third kappa shape index (κ3) is 5.01. The van der Waals surface area contributed by atoms with E-state index in [-0.39, 0.29) is 28.9 Å². The van der Waals surface area contributed by atoms with E-state index < -0.39 is 5.82 Å². The fourth-order valence-electron chi connectivity index (χ4n) is 4.13. The van der Waals surface area contributed by atoms with Gasteiger partial charge in [0.15, 0.2) is 0 Å².